The minimum absolute atomic E-state index is 0. The third kappa shape index (κ3) is 20.1. The summed E-state index contributed by atoms with van der Waals surface area (Å²) >= 11 is 0. The van der Waals surface area contributed by atoms with Gasteiger partial charge in [0.25, 0.3) is 0 Å². The van der Waals surface area contributed by atoms with Gasteiger partial charge in [-0.2, -0.15) is 0 Å². The predicted molar refractivity (Wildman–Crippen MR) is 497 cm³/mol. The molecule has 1 atom stereocenters. The molecular formula is C111H117IrN4-. The largest absolute Gasteiger partial charge is 0.311 e. The SMILES string of the molecule is CC(C)(C)c1ccc(-c2cc(-c3ccc(C(C)(C)C)cc3)cc(-c3cc[c-]c(-c4ccccn4)c3)c2)cc1.CCC(C)c1ccc(N(c2ccc(-c3ccc(N(c4ccc(C(C)(C)C)cc4)c4ccc(C(C)(C)C)cc4)cc3)cc2)c2ccc(-c3ccc(N(c4ccc(C(C)(C)C)cc4)c4ccc(C(C)(C)C)cc4)cc3)cc2)cc1.[Ir]. The van der Waals surface area contributed by atoms with E-state index in [0.29, 0.717) is 5.92 Å². The maximum Gasteiger partial charge on any atom is 0.0462 e. The number of anilines is 9. The second-order valence-electron chi connectivity index (χ2n) is 37.4. The van der Waals surface area contributed by atoms with Crippen molar-refractivity contribution in [3.8, 4) is 66.9 Å². The van der Waals surface area contributed by atoms with Crippen molar-refractivity contribution in [1.82, 2.24) is 4.98 Å². The van der Waals surface area contributed by atoms with Crippen LogP contribution in [0.2, 0.25) is 0 Å². The van der Waals surface area contributed by atoms with Gasteiger partial charge in [0, 0.05) is 77.5 Å². The number of benzene rings is 13. The summed E-state index contributed by atoms with van der Waals surface area (Å²) in [5.74, 6) is 0.499. The van der Waals surface area contributed by atoms with Gasteiger partial charge in [0.15, 0.2) is 0 Å². The molecule has 0 fully saturated rings. The summed E-state index contributed by atoms with van der Waals surface area (Å²) in [5, 5.41) is 0. The Morgan fingerprint density at radius 2 is 0.483 bits per heavy atom. The summed E-state index contributed by atoms with van der Waals surface area (Å²) in [6.07, 6.45) is 2.94. The van der Waals surface area contributed by atoms with Gasteiger partial charge in [-0.25, -0.2) is 0 Å². The molecule has 591 valence electrons. The maximum atomic E-state index is 4.54. The van der Waals surface area contributed by atoms with Crippen LogP contribution in [0.15, 0.2) is 328 Å². The van der Waals surface area contributed by atoms with Crippen LogP contribution in [-0.2, 0) is 52.6 Å². The van der Waals surface area contributed by atoms with Crippen molar-refractivity contribution in [2.45, 2.75) is 183 Å². The van der Waals surface area contributed by atoms with Crippen LogP contribution in [0.25, 0.3) is 66.9 Å². The van der Waals surface area contributed by atoms with E-state index < -0.39 is 0 Å². The molecule has 5 heteroatoms. The van der Waals surface area contributed by atoms with E-state index >= 15 is 0 Å². The van der Waals surface area contributed by atoms with Crippen molar-refractivity contribution in [2.75, 3.05) is 14.7 Å². The fourth-order valence-corrected chi connectivity index (χ4v) is 15.0. The second-order valence-corrected chi connectivity index (χ2v) is 37.4. The smallest absolute Gasteiger partial charge is 0.0462 e. The average Bonchev–Trinajstić information content (AvgIpc) is 0.797. The van der Waals surface area contributed by atoms with Crippen LogP contribution < -0.4 is 14.7 Å². The number of hydrogen-bond donors (Lipinski definition) is 0. The molecule has 0 saturated carbocycles. The first-order valence-corrected chi connectivity index (χ1v) is 41.3. The molecule has 0 aliphatic heterocycles. The molecular weight excluding hydrogens is 1580 g/mol. The third-order valence-electron chi connectivity index (χ3n) is 22.6. The van der Waals surface area contributed by atoms with Crippen LogP contribution in [-0.4, -0.2) is 4.98 Å². The van der Waals surface area contributed by atoms with E-state index in [0.717, 1.165) is 74.4 Å². The van der Waals surface area contributed by atoms with E-state index in [9.17, 15) is 0 Å². The van der Waals surface area contributed by atoms with Gasteiger partial charge in [-0.3, -0.25) is 0 Å². The molecule has 0 bridgehead atoms. The third-order valence-corrected chi connectivity index (χ3v) is 22.6. The van der Waals surface area contributed by atoms with Crippen LogP contribution >= 0.6 is 0 Å². The van der Waals surface area contributed by atoms with E-state index in [1.807, 2.05) is 30.5 Å². The second kappa shape index (κ2) is 34.9. The first-order valence-electron chi connectivity index (χ1n) is 41.3. The summed E-state index contributed by atoms with van der Waals surface area (Å²) in [6.45, 7) is 45.4. The summed E-state index contributed by atoms with van der Waals surface area (Å²) in [5.41, 5.74) is 33.9. The fourth-order valence-electron chi connectivity index (χ4n) is 15.0. The Kier molecular flexibility index (Phi) is 25.4. The van der Waals surface area contributed by atoms with Crippen LogP contribution in [0.4, 0.5) is 51.2 Å². The number of hydrogen-bond acceptors (Lipinski definition) is 4. The minimum atomic E-state index is 0. The Labute approximate surface area is 708 Å². The Balaban J connectivity index is 0.000000266. The zero-order valence-corrected chi connectivity index (χ0v) is 74.5. The summed E-state index contributed by atoms with van der Waals surface area (Å²) in [7, 11) is 0. The minimum Gasteiger partial charge on any atom is -0.311 e. The standard InChI is InChI=1S/C74H81N3.C37H36N.Ir/c1-15-52(2)53-16-34-62(35-17-53)75(63-36-18-54(19-37-63)56-22-40-65(41-23-56)76(67-44-26-58(27-45-67)71(3,4)5)68-46-28-59(29-47-68)72(6,7)8)64-38-20-55(21-39-64)57-24-42-66(43-25-57)77(69-48-30-60(31-49-69)73(9,10)11)70-50-32-61(33-51-70)74(12,13)14;1-36(2,3)33-17-13-26(14-18-33)30-23-31(27-15-19-34(20-16-27)37(4,5)6)25-32(24-30)28-10-9-11-29(22-28)35-12-7-8-21-38-35;/h16-52H,15H2,1-14H3;7-10,12-25H,1-6H3;/q;-1;. The van der Waals surface area contributed by atoms with E-state index in [-0.39, 0.29) is 52.6 Å². The number of pyridine rings is 1. The summed E-state index contributed by atoms with van der Waals surface area (Å²) in [6, 6.07) is 122. The Bertz CT molecular complexity index is 5140. The van der Waals surface area contributed by atoms with Gasteiger partial charge in [0.2, 0.25) is 0 Å². The fraction of sp³-hybridized carbons (Fsp3) is 0.252. The quantitative estimate of drug-likeness (QED) is 0.0848. The van der Waals surface area contributed by atoms with Crippen LogP contribution in [0.5, 0.6) is 0 Å². The molecule has 0 amide bonds. The Morgan fingerprint density at radius 1 is 0.259 bits per heavy atom. The van der Waals surface area contributed by atoms with Crippen molar-refractivity contribution in [3.05, 3.63) is 373 Å². The zero-order valence-electron chi connectivity index (χ0n) is 72.1. The zero-order chi connectivity index (χ0) is 81.8. The van der Waals surface area contributed by atoms with Gasteiger partial charge >= 0.3 is 0 Å². The van der Waals surface area contributed by atoms with Crippen LogP contribution in [0.3, 0.4) is 0 Å². The molecule has 1 radical (unpaired) electrons. The molecule has 14 aromatic rings. The topological polar surface area (TPSA) is 22.6 Å². The van der Waals surface area contributed by atoms with E-state index in [1.54, 1.807) is 0 Å². The van der Waals surface area contributed by atoms with Crippen molar-refractivity contribution in [3.63, 3.8) is 0 Å². The first kappa shape index (κ1) is 84.5. The van der Waals surface area contributed by atoms with Crippen LogP contribution in [0, 0.1) is 6.07 Å². The van der Waals surface area contributed by atoms with Crippen molar-refractivity contribution < 1.29 is 20.1 Å². The number of nitrogens with zero attached hydrogens (tertiary/aromatic N) is 4. The molecule has 0 N–H and O–H groups in total. The molecule has 1 aromatic heterocycles. The predicted octanol–water partition coefficient (Wildman–Crippen LogP) is 32.3. The molecule has 14 rings (SSSR count). The maximum absolute atomic E-state index is 4.54. The number of aromatic nitrogens is 1. The summed E-state index contributed by atoms with van der Waals surface area (Å²) in [4.78, 5) is 11.6. The molecule has 13 aromatic carbocycles. The molecule has 0 saturated heterocycles. The molecule has 1 heterocycles. The molecule has 4 nitrogen and oxygen atoms in total. The monoisotopic (exact) mass is 1700 g/mol. The van der Waals surface area contributed by atoms with Crippen molar-refractivity contribution in [2.24, 2.45) is 0 Å². The Morgan fingerprint density at radius 3 is 0.724 bits per heavy atom. The van der Waals surface area contributed by atoms with Gasteiger partial charge in [0.05, 0.1) is 0 Å². The van der Waals surface area contributed by atoms with Gasteiger partial charge < -0.3 is 19.7 Å². The molecule has 0 aliphatic rings. The normalized spacial score (nSPS) is 12.2. The van der Waals surface area contributed by atoms with E-state index in [2.05, 4.69) is 461 Å². The summed E-state index contributed by atoms with van der Waals surface area (Å²) < 4.78 is 0. The number of rotatable bonds is 17. The van der Waals surface area contributed by atoms with E-state index in [1.165, 1.54) is 89.0 Å². The van der Waals surface area contributed by atoms with Crippen molar-refractivity contribution >= 4 is 51.2 Å². The average molecular weight is 1700 g/mol. The molecule has 116 heavy (non-hydrogen) atoms. The van der Waals surface area contributed by atoms with Gasteiger partial charge in [0.1, 0.15) is 0 Å². The van der Waals surface area contributed by atoms with Crippen LogP contribution in [0.1, 0.15) is 190 Å². The first-order chi connectivity index (χ1) is 54.6. The van der Waals surface area contributed by atoms with Gasteiger partial charge in [-0.05, 0) is 273 Å². The molecule has 0 aliphatic carbocycles. The van der Waals surface area contributed by atoms with Crippen molar-refractivity contribution in [1.29, 1.82) is 0 Å². The van der Waals surface area contributed by atoms with Gasteiger partial charge in [-0.1, -0.05) is 308 Å². The Hall–Kier alpha value is -10.9. The molecule has 0 spiro atoms. The van der Waals surface area contributed by atoms with E-state index in [4.69, 9.17) is 0 Å². The molecule has 1 unspecified atom stereocenters. The van der Waals surface area contributed by atoms with Gasteiger partial charge in [-0.15, -0.1) is 35.4 Å².